The molecule has 0 amide bonds. The third-order valence-electron chi connectivity index (χ3n) is 1.90. The van der Waals surface area contributed by atoms with E-state index in [0.29, 0.717) is 6.61 Å². The molecule has 0 unspecified atom stereocenters. The lowest BCUT2D eigenvalue weighted by molar-refractivity contribution is 0.0525. The molecule has 1 rings (SSSR count). The predicted octanol–water partition coefficient (Wildman–Crippen LogP) is 2.79. The maximum absolute atomic E-state index is 13.4. The summed E-state index contributed by atoms with van der Waals surface area (Å²) in [5, 5.41) is 0. The zero-order valence-corrected chi connectivity index (χ0v) is 9.46. The van der Waals surface area contributed by atoms with Crippen molar-refractivity contribution in [2.24, 2.45) is 0 Å². The molecule has 1 aromatic rings. The van der Waals surface area contributed by atoms with Crippen molar-refractivity contribution in [3.8, 4) is 5.75 Å². The van der Waals surface area contributed by atoms with Gasteiger partial charge in [0.05, 0.1) is 18.8 Å². The van der Waals surface area contributed by atoms with Gasteiger partial charge in [-0.1, -0.05) is 6.92 Å². The molecule has 0 atom stereocenters. The number of ether oxygens (including phenoxy) is 2. The monoisotopic (exact) mass is 226 g/mol. The first-order chi connectivity index (χ1) is 7.69. The summed E-state index contributed by atoms with van der Waals surface area (Å²) in [7, 11) is 0. The number of carbonyl (C=O) groups is 1. The van der Waals surface area contributed by atoms with Crippen LogP contribution in [0.5, 0.6) is 5.75 Å². The first-order valence-corrected chi connectivity index (χ1v) is 5.28. The topological polar surface area (TPSA) is 35.5 Å². The second kappa shape index (κ2) is 6.10. The molecule has 88 valence electrons. The molecule has 0 aliphatic rings. The highest BCUT2D eigenvalue weighted by molar-refractivity contribution is 5.89. The molecule has 0 saturated heterocycles. The summed E-state index contributed by atoms with van der Waals surface area (Å²) in [6.07, 6.45) is 0.805. The maximum Gasteiger partial charge on any atom is 0.338 e. The summed E-state index contributed by atoms with van der Waals surface area (Å²) in [6.45, 7) is 4.36. The van der Waals surface area contributed by atoms with Crippen molar-refractivity contribution in [2.45, 2.75) is 20.3 Å². The third-order valence-corrected chi connectivity index (χ3v) is 1.90. The van der Waals surface area contributed by atoms with Crippen LogP contribution in [0.25, 0.3) is 0 Å². The molecule has 0 aromatic heterocycles. The average molecular weight is 226 g/mol. The standard InChI is InChI=1S/C12H15FO3/c1-3-7-16-11-6-5-9(8-10(11)13)12(14)15-4-2/h5-6,8H,3-4,7H2,1-2H3. The minimum absolute atomic E-state index is 0.162. The lowest BCUT2D eigenvalue weighted by Crippen LogP contribution is -2.06. The molecule has 16 heavy (non-hydrogen) atoms. The van der Waals surface area contributed by atoms with Crippen molar-refractivity contribution >= 4 is 5.97 Å². The highest BCUT2D eigenvalue weighted by Crippen LogP contribution is 2.19. The maximum atomic E-state index is 13.4. The van der Waals surface area contributed by atoms with Crippen LogP contribution in [0, 0.1) is 5.82 Å². The Morgan fingerprint density at radius 2 is 2.12 bits per heavy atom. The molecular weight excluding hydrogens is 211 g/mol. The van der Waals surface area contributed by atoms with Gasteiger partial charge in [0.15, 0.2) is 11.6 Å². The van der Waals surface area contributed by atoms with Crippen molar-refractivity contribution in [1.29, 1.82) is 0 Å². The summed E-state index contributed by atoms with van der Waals surface area (Å²) >= 11 is 0. The van der Waals surface area contributed by atoms with E-state index in [4.69, 9.17) is 9.47 Å². The summed E-state index contributed by atoms with van der Waals surface area (Å²) in [6, 6.07) is 4.06. The molecular formula is C12H15FO3. The van der Waals surface area contributed by atoms with E-state index in [1.165, 1.54) is 12.1 Å². The van der Waals surface area contributed by atoms with Gasteiger partial charge >= 0.3 is 5.97 Å². The van der Waals surface area contributed by atoms with Gasteiger partial charge in [-0.15, -0.1) is 0 Å². The quantitative estimate of drug-likeness (QED) is 0.724. The van der Waals surface area contributed by atoms with Gasteiger partial charge in [0.25, 0.3) is 0 Å². The minimum Gasteiger partial charge on any atom is -0.491 e. The predicted molar refractivity (Wildman–Crippen MR) is 58.1 cm³/mol. The Morgan fingerprint density at radius 1 is 1.38 bits per heavy atom. The number of rotatable bonds is 5. The summed E-state index contributed by atoms with van der Waals surface area (Å²) in [5.74, 6) is -0.905. The second-order valence-corrected chi connectivity index (χ2v) is 3.21. The van der Waals surface area contributed by atoms with Crippen molar-refractivity contribution < 1.29 is 18.7 Å². The van der Waals surface area contributed by atoms with E-state index < -0.39 is 11.8 Å². The zero-order valence-electron chi connectivity index (χ0n) is 9.46. The molecule has 0 spiro atoms. The minimum atomic E-state index is -0.543. The van der Waals surface area contributed by atoms with Gasteiger partial charge in [-0.25, -0.2) is 9.18 Å². The van der Waals surface area contributed by atoms with E-state index in [-0.39, 0.29) is 17.9 Å². The van der Waals surface area contributed by atoms with E-state index in [0.717, 1.165) is 12.5 Å². The Kier molecular flexibility index (Phi) is 4.76. The molecule has 0 aliphatic heterocycles. The van der Waals surface area contributed by atoms with Crippen LogP contribution in [0.4, 0.5) is 4.39 Å². The number of carbonyl (C=O) groups excluding carboxylic acids is 1. The molecule has 0 heterocycles. The van der Waals surface area contributed by atoms with Crippen molar-refractivity contribution in [1.82, 2.24) is 0 Å². The van der Waals surface area contributed by atoms with E-state index in [1.54, 1.807) is 6.92 Å². The number of esters is 1. The average Bonchev–Trinajstić information content (AvgIpc) is 2.27. The zero-order chi connectivity index (χ0) is 12.0. The lowest BCUT2D eigenvalue weighted by Gasteiger charge is -2.07. The van der Waals surface area contributed by atoms with Crippen LogP contribution in [0.1, 0.15) is 30.6 Å². The molecule has 0 radical (unpaired) electrons. The SMILES string of the molecule is CCCOc1ccc(C(=O)OCC)cc1F. The van der Waals surface area contributed by atoms with Crippen LogP contribution in [-0.2, 0) is 4.74 Å². The Morgan fingerprint density at radius 3 is 2.69 bits per heavy atom. The largest absolute Gasteiger partial charge is 0.491 e. The van der Waals surface area contributed by atoms with Crippen LogP contribution in [0.15, 0.2) is 18.2 Å². The van der Waals surface area contributed by atoms with Gasteiger partial charge < -0.3 is 9.47 Å². The van der Waals surface area contributed by atoms with Crippen LogP contribution < -0.4 is 4.74 Å². The van der Waals surface area contributed by atoms with E-state index in [1.807, 2.05) is 6.92 Å². The molecule has 0 aliphatic carbocycles. The first kappa shape index (κ1) is 12.5. The van der Waals surface area contributed by atoms with Gasteiger partial charge in [-0.2, -0.15) is 0 Å². The van der Waals surface area contributed by atoms with Crippen LogP contribution in [-0.4, -0.2) is 19.2 Å². The van der Waals surface area contributed by atoms with Crippen molar-refractivity contribution in [2.75, 3.05) is 13.2 Å². The Balaban J connectivity index is 2.78. The third kappa shape index (κ3) is 3.22. The van der Waals surface area contributed by atoms with Gasteiger partial charge in [0.2, 0.25) is 0 Å². The van der Waals surface area contributed by atoms with Gasteiger partial charge in [-0.3, -0.25) is 0 Å². The highest BCUT2D eigenvalue weighted by atomic mass is 19.1. The Labute approximate surface area is 94.2 Å². The van der Waals surface area contributed by atoms with E-state index >= 15 is 0 Å². The summed E-state index contributed by atoms with van der Waals surface area (Å²) < 4.78 is 23.4. The summed E-state index contributed by atoms with van der Waals surface area (Å²) in [4.78, 5) is 11.3. The normalized spacial score (nSPS) is 9.94. The van der Waals surface area contributed by atoms with Crippen LogP contribution >= 0.6 is 0 Å². The lowest BCUT2D eigenvalue weighted by atomic mass is 10.2. The molecule has 0 N–H and O–H groups in total. The van der Waals surface area contributed by atoms with Crippen molar-refractivity contribution in [3.05, 3.63) is 29.6 Å². The molecule has 3 nitrogen and oxygen atoms in total. The van der Waals surface area contributed by atoms with Crippen LogP contribution in [0.2, 0.25) is 0 Å². The fourth-order valence-corrected chi connectivity index (χ4v) is 1.17. The van der Waals surface area contributed by atoms with Crippen LogP contribution in [0.3, 0.4) is 0 Å². The van der Waals surface area contributed by atoms with Gasteiger partial charge in [0, 0.05) is 0 Å². The van der Waals surface area contributed by atoms with E-state index in [9.17, 15) is 9.18 Å². The number of benzene rings is 1. The first-order valence-electron chi connectivity index (χ1n) is 5.28. The Hall–Kier alpha value is -1.58. The summed E-state index contributed by atoms with van der Waals surface area (Å²) in [5.41, 5.74) is 0.197. The molecule has 1 aromatic carbocycles. The second-order valence-electron chi connectivity index (χ2n) is 3.21. The van der Waals surface area contributed by atoms with Crippen molar-refractivity contribution in [3.63, 3.8) is 0 Å². The van der Waals surface area contributed by atoms with Gasteiger partial charge in [-0.05, 0) is 31.5 Å². The highest BCUT2D eigenvalue weighted by Gasteiger charge is 2.10. The molecule has 0 fully saturated rings. The fourth-order valence-electron chi connectivity index (χ4n) is 1.17. The number of halogens is 1. The molecule has 4 heteroatoms. The number of hydrogen-bond acceptors (Lipinski definition) is 3. The smallest absolute Gasteiger partial charge is 0.338 e. The number of hydrogen-bond donors (Lipinski definition) is 0. The van der Waals surface area contributed by atoms with E-state index in [2.05, 4.69) is 0 Å². The molecule has 0 bridgehead atoms. The Bertz CT molecular complexity index is 363. The molecule has 0 saturated carbocycles. The van der Waals surface area contributed by atoms with Gasteiger partial charge in [0.1, 0.15) is 0 Å². The fraction of sp³-hybridized carbons (Fsp3) is 0.417.